The highest BCUT2D eigenvalue weighted by Crippen LogP contribution is 2.35. The van der Waals surface area contributed by atoms with E-state index in [0.29, 0.717) is 11.9 Å². The van der Waals surface area contributed by atoms with Gasteiger partial charge in [0, 0.05) is 17.2 Å². The van der Waals surface area contributed by atoms with Gasteiger partial charge in [0.1, 0.15) is 0 Å². The van der Waals surface area contributed by atoms with Crippen molar-refractivity contribution in [2.24, 2.45) is 21.6 Å². The molecule has 0 unspecified atom stereocenters. The van der Waals surface area contributed by atoms with Gasteiger partial charge < -0.3 is 11.1 Å². The minimum absolute atomic E-state index is 0.221. The van der Waals surface area contributed by atoms with Crippen LogP contribution in [0.15, 0.2) is 34.3 Å². The van der Waals surface area contributed by atoms with E-state index >= 15 is 0 Å². The number of Topliss-reactive ketones (excluding diaryl/α,β-unsaturated/α-hetero) is 1. The third-order valence-electron chi connectivity index (χ3n) is 4.91. The van der Waals surface area contributed by atoms with E-state index in [1.807, 2.05) is 24.3 Å². The maximum Gasteiger partial charge on any atom is 0.205 e. The Morgan fingerprint density at radius 2 is 2.00 bits per heavy atom. The highest BCUT2D eigenvalue weighted by molar-refractivity contribution is 6.07. The number of nitrogens with zero attached hydrogens (tertiary/aromatic N) is 2. The summed E-state index contributed by atoms with van der Waals surface area (Å²) < 4.78 is 0. The van der Waals surface area contributed by atoms with E-state index in [0.717, 1.165) is 49.8 Å². The zero-order valence-corrected chi connectivity index (χ0v) is 13.7. The van der Waals surface area contributed by atoms with Gasteiger partial charge in [0.05, 0.1) is 0 Å². The van der Waals surface area contributed by atoms with Crippen LogP contribution in [0.2, 0.25) is 0 Å². The molecule has 1 aromatic rings. The third-order valence-corrected chi connectivity index (χ3v) is 4.91. The number of aliphatic imine (C=N–C) groups is 2. The molecule has 126 valence electrons. The second-order valence-electron chi connectivity index (χ2n) is 6.97. The first-order valence-electron chi connectivity index (χ1n) is 8.77. The Morgan fingerprint density at radius 3 is 2.75 bits per heavy atom. The summed E-state index contributed by atoms with van der Waals surface area (Å²) >= 11 is 0. The summed E-state index contributed by atoms with van der Waals surface area (Å²) in [5.41, 5.74) is 7.15. The number of carbonyl (C=O) groups excluding carboxylic acids is 1. The van der Waals surface area contributed by atoms with Gasteiger partial charge in [-0.05, 0) is 50.7 Å². The number of anilines is 1. The second kappa shape index (κ2) is 5.92. The van der Waals surface area contributed by atoms with Crippen molar-refractivity contribution in [1.29, 1.82) is 0 Å². The molecule has 2 aliphatic carbocycles. The Morgan fingerprint density at radius 1 is 1.21 bits per heavy atom. The van der Waals surface area contributed by atoms with Crippen LogP contribution < -0.4 is 16.4 Å². The first-order valence-corrected chi connectivity index (χ1v) is 8.77. The molecule has 24 heavy (non-hydrogen) atoms. The van der Waals surface area contributed by atoms with Crippen molar-refractivity contribution in [1.82, 2.24) is 5.32 Å². The average molecular weight is 325 g/mol. The monoisotopic (exact) mass is 325 g/mol. The normalized spacial score (nSPS) is 22.3. The second-order valence-corrected chi connectivity index (χ2v) is 6.97. The van der Waals surface area contributed by atoms with E-state index in [4.69, 9.17) is 10.7 Å². The molecule has 2 fully saturated rings. The van der Waals surface area contributed by atoms with Crippen molar-refractivity contribution < 1.29 is 4.79 Å². The smallest absolute Gasteiger partial charge is 0.205 e. The van der Waals surface area contributed by atoms with Gasteiger partial charge >= 0.3 is 0 Å². The van der Waals surface area contributed by atoms with Gasteiger partial charge in [-0.3, -0.25) is 10.1 Å². The van der Waals surface area contributed by atoms with Gasteiger partial charge in [0.15, 0.2) is 17.4 Å². The molecular formula is C18H23N5O. The average Bonchev–Trinajstić information content (AvgIpc) is 3.39. The molecule has 0 aromatic heterocycles. The molecule has 4 N–H and O–H groups in total. The molecule has 1 heterocycles. The summed E-state index contributed by atoms with van der Waals surface area (Å²) in [6.45, 7) is 0. The summed E-state index contributed by atoms with van der Waals surface area (Å²) in [5, 5.41) is 6.27. The number of benzene rings is 1. The van der Waals surface area contributed by atoms with Crippen LogP contribution >= 0.6 is 0 Å². The molecule has 0 bridgehead atoms. The molecule has 6 nitrogen and oxygen atoms in total. The number of carbonyl (C=O) groups is 1. The number of nitrogens with two attached hydrogens (primary N) is 1. The van der Waals surface area contributed by atoms with Crippen LogP contribution in [0.3, 0.4) is 0 Å². The van der Waals surface area contributed by atoms with Gasteiger partial charge in [-0.15, -0.1) is 0 Å². The topological polar surface area (TPSA) is 91.9 Å². The van der Waals surface area contributed by atoms with Crippen molar-refractivity contribution >= 4 is 23.4 Å². The first kappa shape index (κ1) is 15.2. The number of guanidine groups is 2. The Hall–Kier alpha value is -2.37. The highest BCUT2D eigenvalue weighted by Gasteiger charge is 2.34. The van der Waals surface area contributed by atoms with E-state index in [1.165, 1.54) is 6.42 Å². The summed E-state index contributed by atoms with van der Waals surface area (Å²) in [6, 6.07) is 7.60. The van der Waals surface area contributed by atoms with Crippen molar-refractivity contribution in [3.63, 3.8) is 0 Å². The predicted octanol–water partition coefficient (Wildman–Crippen LogP) is 2.63. The zero-order chi connectivity index (χ0) is 16.6. The van der Waals surface area contributed by atoms with Gasteiger partial charge in [0.2, 0.25) is 5.96 Å². The first-order chi connectivity index (χ1) is 11.6. The molecule has 0 radical (unpaired) electrons. The lowest BCUT2D eigenvalue weighted by Gasteiger charge is -2.34. The van der Waals surface area contributed by atoms with E-state index < -0.39 is 5.66 Å². The largest absolute Gasteiger partial charge is 0.370 e. The fourth-order valence-electron chi connectivity index (χ4n) is 3.50. The van der Waals surface area contributed by atoms with Gasteiger partial charge in [-0.1, -0.05) is 18.6 Å². The minimum Gasteiger partial charge on any atom is -0.370 e. The minimum atomic E-state index is -0.419. The molecule has 1 spiro atoms. The van der Waals surface area contributed by atoms with Crippen molar-refractivity contribution in [2.75, 3.05) is 5.32 Å². The van der Waals surface area contributed by atoms with Crippen LogP contribution in [0, 0.1) is 5.92 Å². The lowest BCUT2D eigenvalue weighted by molar-refractivity contribution is 0.0967. The molecule has 0 atom stereocenters. The number of hydrogen-bond donors (Lipinski definition) is 3. The van der Waals surface area contributed by atoms with Crippen LogP contribution in [0.25, 0.3) is 0 Å². The zero-order valence-electron chi connectivity index (χ0n) is 13.7. The Balaban J connectivity index is 1.54. The van der Waals surface area contributed by atoms with Crippen molar-refractivity contribution in [3.05, 3.63) is 29.8 Å². The van der Waals surface area contributed by atoms with E-state index in [-0.39, 0.29) is 11.7 Å². The molecule has 4 rings (SSSR count). The van der Waals surface area contributed by atoms with Crippen LogP contribution in [0.1, 0.15) is 55.3 Å². The van der Waals surface area contributed by atoms with Crippen LogP contribution in [0.4, 0.5) is 5.69 Å². The van der Waals surface area contributed by atoms with Crippen molar-refractivity contribution in [3.8, 4) is 0 Å². The number of nitrogens with one attached hydrogen (secondary N) is 2. The fourth-order valence-corrected chi connectivity index (χ4v) is 3.50. The summed E-state index contributed by atoms with van der Waals surface area (Å²) in [7, 11) is 0. The Kier molecular flexibility index (Phi) is 3.75. The maximum atomic E-state index is 12.2. The van der Waals surface area contributed by atoms with Gasteiger partial charge in [-0.2, -0.15) is 0 Å². The molecular weight excluding hydrogens is 302 g/mol. The molecule has 6 heteroatoms. The fraction of sp³-hybridized carbons (Fsp3) is 0.500. The molecule has 0 saturated heterocycles. The molecule has 0 amide bonds. The predicted molar refractivity (Wildman–Crippen MR) is 95.1 cm³/mol. The SMILES string of the molecule is NC1=NC2(CCCCC2)N=C(Nc2cccc(C(=O)C3CC3)c2)N1. The van der Waals surface area contributed by atoms with E-state index in [9.17, 15) is 4.79 Å². The van der Waals surface area contributed by atoms with Crippen LogP contribution in [-0.2, 0) is 0 Å². The number of rotatable bonds is 3. The Bertz CT molecular complexity index is 714. The van der Waals surface area contributed by atoms with Gasteiger partial charge in [0.25, 0.3) is 0 Å². The lowest BCUT2D eigenvalue weighted by atomic mass is 9.90. The maximum absolute atomic E-state index is 12.2. The van der Waals surface area contributed by atoms with Crippen LogP contribution in [0.5, 0.6) is 0 Å². The molecule has 2 saturated carbocycles. The van der Waals surface area contributed by atoms with Gasteiger partial charge in [-0.25, -0.2) is 9.98 Å². The molecule has 1 aliphatic heterocycles. The number of ketones is 1. The standard InChI is InChI=1S/C18H23N5O/c19-16-21-17(23-18(22-16)9-2-1-3-10-18)20-14-6-4-5-13(11-14)15(24)12-7-8-12/h4-6,11-12H,1-3,7-10H2,(H4,19,20,21,22,23). The summed E-state index contributed by atoms with van der Waals surface area (Å²) in [5.74, 6) is 1.47. The van der Waals surface area contributed by atoms with Crippen LogP contribution in [-0.4, -0.2) is 23.4 Å². The Labute approximate surface area is 141 Å². The number of hydrogen-bond acceptors (Lipinski definition) is 6. The molecule has 1 aromatic carbocycles. The third kappa shape index (κ3) is 3.13. The summed E-state index contributed by atoms with van der Waals surface area (Å²) in [4.78, 5) is 21.6. The van der Waals surface area contributed by atoms with E-state index in [1.54, 1.807) is 0 Å². The molecule has 3 aliphatic rings. The highest BCUT2D eigenvalue weighted by atomic mass is 16.1. The van der Waals surface area contributed by atoms with Crippen molar-refractivity contribution in [2.45, 2.75) is 50.6 Å². The van der Waals surface area contributed by atoms with E-state index in [2.05, 4.69) is 15.6 Å². The lowest BCUT2D eigenvalue weighted by Crippen LogP contribution is -2.49. The quantitative estimate of drug-likeness (QED) is 0.745. The summed E-state index contributed by atoms with van der Waals surface area (Å²) in [6.07, 6.45) is 7.37.